The number of carbonyl (C=O) groups is 2. The van der Waals surface area contributed by atoms with Gasteiger partial charge in [-0.25, -0.2) is 0 Å². The van der Waals surface area contributed by atoms with Gasteiger partial charge in [0.2, 0.25) is 5.91 Å². The van der Waals surface area contributed by atoms with Crippen LogP contribution in [0.3, 0.4) is 0 Å². The average molecular weight is 592 g/mol. The minimum absolute atomic E-state index is 0.00992. The molecule has 0 radical (unpaired) electrons. The zero-order chi connectivity index (χ0) is 28.8. The second kappa shape index (κ2) is 13.3. The molecular weight excluding hydrogens is 558 g/mol. The molecule has 0 saturated carbocycles. The number of amides is 2. The summed E-state index contributed by atoms with van der Waals surface area (Å²) in [6, 6.07) is 24.1. The fraction of sp³-hybridized carbons (Fsp3) is 0.323. The van der Waals surface area contributed by atoms with Gasteiger partial charge in [-0.05, 0) is 67.6 Å². The van der Waals surface area contributed by atoms with Crippen LogP contribution >= 0.6 is 23.8 Å². The van der Waals surface area contributed by atoms with Gasteiger partial charge < -0.3 is 19.9 Å². The lowest BCUT2D eigenvalue weighted by atomic mass is 10.1. The summed E-state index contributed by atoms with van der Waals surface area (Å²) in [6.07, 6.45) is 0.802. The molecule has 0 aromatic heterocycles. The monoisotopic (exact) mass is 591 g/mol. The molecule has 3 aromatic rings. The van der Waals surface area contributed by atoms with Crippen molar-refractivity contribution in [3.05, 3.63) is 83.9 Å². The van der Waals surface area contributed by atoms with Crippen LogP contribution in [0.25, 0.3) is 0 Å². The lowest BCUT2D eigenvalue weighted by Crippen LogP contribution is -2.47. The Morgan fingerprint density at radius 3 is 2.29 bits per heavy atom. The van der Waals surface area contributed by atoms with Crippen molar-refractivity contribution < 1.29 is 14.3 Å². The largest absolute Gasteiger partial charge is 0.495 e. The van der Waals surface area contributed by atoms with Gasteiger partial charge in [-0.2, -0.15) is 0 Å². The van der Waals surface area contributed by atoms with E-state index >= 15 is 0 Å². The van der Waals surface area contributed by atoms with E-state index in [4.69, 9.17) is 28.6 Å². The van der Waals surface area contributed by atoms with Gasteiger partial charge in [0.25, 0.3) is 5.91 Å². The summed E-state index contributed by atoms with van der Waals surface area (Å²) in [4.78, 5) is 35.0. The highest BCUT2D eigenvalue weighted by Gasteiger charge is 2.44. The molecule has 0 spiro atoms. The predicted molar refractivity (Wildman–Crippen MR) is 168 cm³/mol. The highest BCUT2D eigenvalue weighted by atomic mass is 35.5. The standard InChI is InChI=1S/C31H34ClN5O3S/c1-40-28-14-13-25(21-26(28)32)37-30(39)27(22-29(38)33-23-9-4-2-5-10-23)36(31(37)41)16-8-15-34-17-19-35(20-18-34)24-11-6-3-7-12-24/h2-7,9-14,21,27H,8,15-20,22H2,1H3,(H,33,38). The molecule has 8 nitrogen and oxygen atoms in total. The van der Waals surface area contributed by atoms with Crippen LogP contribution in [0.1, 0.15) is 12.8 Å². The topological polar surface area (TPSA) is 68.4 Å². The van der Waals surface area contributed by atoms with Gasteiger partial charge in [-0.1, -0.05) is 48.0 Å². The number of para-hydroxylation sites is 2. The summed E-state index contributed by atoms with van der Waals surface area (Å²) >= 11 is 12.2. The first-order valence-corrected chi connectivity index (χ1v) is 14.6. The van der Waals surface area contributed by atoms with Crippen LogP contribution in [-0.4, -0.2) is 79.1 Å². The average Bonchev–Trinajstić information content (AvgIpc) is 3.22. The number of piperazine rings is 1. The zero-order valence-corrected chi connectivity index (χ0v) is 24.6. The van der Waals surface area contributed by atoms with Crippen molar-refractivity contribution in [2.24, 2.45) is 0 Å². The Morgan fingerprint density at radius 1 is 0.951 bits per heavy atom. The van der Waals surface area contributed by atoms with Crippen molar-refractivity contribution >= 4 is 57.8 Å². The number of ether oxygens (including phenoxy) is 1. The van der Waals surface area contributed by atoms with Crippen molar-refractivity contribution in [1.29, 1.82) is 0 Å². The molecular formula is C31H34ClN5O3S. The Labute approximate surface area is 251 Å². The Balaban J connectivity index is 1.25. The maximum Gasteiger partial charge on any atom is 0.256 e. The zero-order valence-electron chi connectivity index (χ0n) is 23.0. The van der Waals surface area contributed by atoms with Gasteiger partial charge in [0.05, 0.1) is 24.2 Å². The van der Waals surface area contributed by atoms with E-state index in [0.29, 0.717) is 33.8 Å². The van der Waals surface area contributed by atoms with E-state index in [1.807, 2.05) is 41.3 Å². The van der Waals surface area contributed by atoms with Gasteiger partial charge in [0.15, 0.2) is 5.11 Å². The molecule has 1 unspecified atom stereocenters. The van der Waals surface area contributed by atoms with E-state index in [0.717, 1.165) is 39.1 Å². The fourth-order valence-electron chi connectivity index (χ4n) is 5.36. The molecule has 2 fully saturated rings. The third kappa shape index (κ3) is 6.81. The molecule has 2 amide bonds. The Bertz CT molecular complexity index is 1370. The lowest BCUT2D eigenvalue weighted by Gasteiger charge is -2.36. The molecule has 1 N–H and O–H groups in total. The molecule has 0 aliphatic carbocycles. The maximum atomic E-state index is 13.7. The quantitative estimate of drug-likeness (QED) is 0.337. The van der Waals surface area contributed by atoms with E-state index in [9.17, 15) is 9.59 Å². The van der Waals surface area contributed by atoms with Crippen LogP contribution in [0.5, 0.6) is 5.75 Å². The number of benzene rings is 3. The minimum Gasteiger partial charge on any atom is -0.495 e. The van der Waals surface area contributed by atoms with E-state index in [1.54, 1.807) is 18.2 Å². The molecule has 2 heterocycles. The third-order valence-electron chi connectivity index (χ3n) is 7.52. The van der Waals surface area contributed by atoms with Crippen molar-refractivity contribution in [1.82, 2.24) is 9.80 Å². The predicted octanol–water partition coefficient (Wildman–Crippen LogP) is 4.89. The summed E-state index contributed by atoms with van der Waals surface area (Å²) in [5.74, 6) is 0.0286. The fourth-order valence-corrected chi connectivity index (χ4v) is 6.03. The summed E-state index contributed by atoms with van der Waals surface area (Å²) in [7, 11) is 1.54. The number of anilines is 3. The molecule has 5 rings (SSSR count). The Morgan fingerprint density at radius 2 is 1.63 bits per heavy atom. The Hall–Kier alpha value is -3.66. The summed E-state index contributed by atoms with van der Waals surface area (Å²) < 4.78 is 5.27. The Kier molecular flexibility index (Phi) is 9.38. The van der Waals surface area contributed by atoms with Crippen molar-refractivity contribution in [3.8, 4) is 5.75 Å². The number of rotatable bonds is 10. The third-order valence-corrected chi connectivity index (χ3v) is 8.23. The minimum atomic E-state index is -0.706. The lowest BCUT2D eigenvalue weighted by molar-refractivity contribution is -0.124. The van der Waals surface area contributed by atoms with Gasteiger partial charge in [0, 0.05) is 44.1 Å². The molecule has 2 saturated heterocycles. The first-order valence-electron chi connectivity index (χ1n) is 13.8. The number of halogens is 1. The van der Waals surface area contributed by atoms with E-state index in [2.05, 4.69) is 39.4 Å². The van der Waals surface area contributed by atoms with E-state index < -0.39 is 6.04 Å². The second-order valence-electron chi connectivity index (χ2n) is 10.1. The molecule has 2 aliphatic heterocycles. The number of carbonyl (C=O) groups excluding carboxylic acids is 2. The van der Waals surface area contributed by atoms with Crippen LogP contribution in [0, 0.1) is 0 Å². The van der Waals surface area contributed by atoms with Crippen LogP contribution < -0.4 is 19.9 Å². The normalized spacial score (nSPS) is 17.7. The molecule has 41 heavy (non-hydrogen) atoms. The molecule has 1 atom stereocenters. The number of nitrogens with zero attached hydrogens (tertiary/aromatic N) is 4. The van der Waals surface area contributed by atoms with E-state index in [-0.39, 0.29) is 18.2 Å². The molecule has 2 aliphatic rings. The van der Waals surface area contributed by atoms with Crippen LogP contribution in [0.2, 0.25) is 5.02 Å². The first-order chi connectivity index (χ1) is 19.9. The maximum absolute atomic E-state index is 13.7. The van der Waals surface area contributed by atoms with Crippen LogP contribution in [0.4, 0.5) is 17.1 Å². The van der Waals surface area contributed by atoms with Gasteiger partial charge >= 0.3 is 0 Å². The first kappa shape index (κ1) is 28.9. The molecule has 3 aromatic carbocycles. The molecule has 10 heteroatoms. The highest BCUT2D eigenvalue weighted by Crippen LogP contribution is 2.33. The van der Waals surface area contributed by atoms with Gasteiger partial charge in [-0.3, -0.25) is 19.4 Å². The second-order valence-corrected chi connectivity index (χ2v) is 10.9. The number of methoxy groups -OCH3 is 1. The van der Waals surface area contributed by atoms with Crippen LogP contribution in [-0.2, 0) is 9.59 Å². The number of hydrogen-bond acceptors (Lipinski definition) is 6. The molecule has 0 bridgehead atoms. The van der Waals surface area contributed by atoms with E-state index in [1.165, 1.54) is 17.7 Å². The summed E-state index contributed by atoms with van der Waals surface area (Å²) in [6.45, 7) is 5.33. The van der Waals surface area contributed by atoms with Gasteiger partial charge in [0.1, 0.15) is 11.8 Å². The SMILES string of the molecule is COc1ccc(N2C(=O)C(CC(=O)Nc3ccccc3)N(CCCN3CCN(c4ccccc4)CC3)C2=S)cc1Cl. The summed E-state index contributed by atoms with van der Waals surface area (Å²) in [5.41, 5.74) is 2.49. The number of nitrogens with one attached hydrogen (secondary N) is 1. The van der Waals surface area contributed by atoms with Crippen molar-refractivity contribution in [2.45, 2.75) is 18.9 Å². The molecule has 214 valence electrons. The van der Waals surface area contributed by atoms with Crippen molar-refractivity contribution in [2.75, 3.05) is 61.5 Å². The highest BCUT2D eigenvalue weighted by molar-refractivity contribution is 7.80. The van der Waals surface area contributed by atoms with Gasteiger partial charge in [-0.15, -0.1) is 0 Å². The summed E-state index contributed by atoms with van der Waals surface area (Å²) in [5, 5.41) is 3.66. The number of hydrogen-bond donors (Lipinski definition) is 1. The van der Waals surface area contributed by atoms with Crippen LogP contribution in [0.15, 0.2) is 78.9 Å². The smallest absolute Gasteiger partial charge is 0.256 e. The number of thiocarbonyl (C=S) groups is 1. The van der Waals surface area contributed by atoms with Crippen molar-refractivity contribution in [3.63, 3.8) is 0 Å².